The van der Waals surface area contributed by atoms with Crippen molar-refractivity contribution in [3.05, 3.63) is 40.1 Å². The molecule has 10 heteroatoms. The largest absolute Gasteiger partial charge is 0.460 e. The summed E-state index contributed by atoms with van der Waals surface area (Å²) in [5.41, 5.74) is -1.59. The molecule has 0 aliphatic rings. The van der Waals surface area contributed by atoms with Gasteiger partial charge in [-0.15, -0.1) is 5.10 Å². The van der Waals surface area contributed by atoms with Gasteiger partial charge in [0, 0.05) is 12.4 Å². The van der Waals surface area contributed by atoms with Gasteiger partial charge in [-0.25, -0.2) is 14.6 Å². The number of carbonyl (C=O) groups excluding carboxylic acids is 1. The van der Waals surface area contributed by atoms with E-state index < -0.39 is 23.4 Å². The van der Waals surface area contributed by atoms with Gasteiger partial charge >= 0.3 is 17.8 Å². The minimum atomic E-state index is -4.54. The molecule has 126 valence electrons. The topological polar surface area (TPSA) is 78.5 Å². The molecule has 0 saturated carbocycles. The van der Waals surface area contributed by atoms with Gasteiger partial charge in [-0.2, -0.15) is 17.7 Å². The van der Waals surface area contributed by atoms with E-state index in [1.54, 1.807) is 6.92 Å². The maximum absolute atomic E-state index is 12.9. The third-order valence-corrected chi connectivity index (χ3v) is 3.46. The smallest absolute Gasteiger partial charge is 0.416 e. The van der Waals surface area contributed by atoms with Gasteiger partial charge < -0.3 is 4.74 Å². The van der Waals surface area contributed by atoms with E-state index in [1.165, 1.54) is 13.1 Å². The molecule has 0 aliphatic heterocycles. The van der Waals surface area contributed by atoms with Crippen molar-refractivity contribution < 1.29 is 22.7 Å². The van der Waals surface area contributed by atoms with Crippen LogP contribution in [0.4, 0.5) is 13.2 Å². The minimum absolute atomic E-state index is 0.00937. The van der Waals surface area contributed by atoms with Crippen molar-refractivity contribution in [1.82, 2.24) is 19.2 Å². The Hall–Kier alpha value is -2.91. The van der Waals surface area contributed by atoms with Crippen molar-refractivity contribution in [3.8, 4) is 0 Å². The number of benzene rings is 1. The zero-order valence-electron chi connectivity index (χ0n) is 12.6. The van der Waals surface area contributed by atoms with Crippen molar-refractivity contribution in [3.63, 3.8) is 0 Å². The summed E-state index contributed by atoms with van der Waals surface area (Å²) in [6.45, 7) is 1.70. The third kappa shape index (κ3) is 2.39. The molecule has 0 fully saturated rings. The van der Waals surface area contributed by atoms with Crippen LogP contribution in [-0.4, -0.2) is 31.7 Å². The maximum atomic E-state index is 12.9. The third-order valence-electron chi connectivity index (χ3n) is 3.46. The molecule has 2 heterocycles. The number of nitrogens with zero attached hydrogens (tertiary/aromatic N) is 4. The molecule has 3 rings (SSSR count). The van der Waals surface area contributed by atoms with Gasteiger partial charge in [-0.1, -0.05) is 0 Å². The first-order valence-electron chi connectivity index (χ1n) is 6.88. The summed E-state index contributed by atoms with van der Waals surface area (Å²) in [4.78, 5) is 27.9. The van der Waals surface area contributed by atoms with Crippen molar-refractivity contribution in [2.75, 3.05) is 6.61 Å². The molecule has 3 aromatic rings. The summed E-state index contributed by atoms with van der Waals surface area (Å²) in [6.07, 6.45) is -4.54. The fourth-order valence-electron chi connectivity index (χ4n) is 2.32. The van der Waals surface area contributed by atoms with Gasteiger partial charge in [0.15, 0.2) is 5.65 Å². The van der Waals surface area contributed by atoms with E-state index in [4.69, 9.17) is 4.74 Å². The zero-order valence-corrected chi connectivity index (χ0v) is 12.6. The average molecular weight is 340 g/mol. The number of halogens is 3. The Kier molecular flexibility index (Phi) is 3.54. The molecule has 0 N–H and O–H groups in total. The van der Waals surface area contributed by atoms with E-state index in [0.717, 1.165) is 21.2 Å². The highest BCUT2D eigenvalue weighted by molar-refractivity contribution is 5.94. The molecule has 0 saturated heterocycles. The number of hydrogen-bond acceptors (Lipinski definition) is 5. The Morgan fingerprint density at radius 1 is 1.33 bits per heavy atom. The molecule has 24 heavy (non-hydrogen) atoms. The number of aryl methyl sites for hydroxylation is 1. The number of hydrogen-bond donors (Lipinski definition) is 0. The highest BCUT2D eigenvalue weighted by atomic mass is 19.4. The molecular weight excluding hydrogens is 329 g/mol. The molecule has 0 radical (unpaired) electrons. The van der Waals surface area contributed by atoms with Crippen LogP contribution in [0.1, 0.15) is 23.1 Å². The lowest BCUT2D eigenvalue weighted by Crippen LogP contribution is -2.26. The predicted molar refractivity (Wildman–Crippen MR) is 76.7 cm³/mol. The summed E-state index contributed by atoms with van der Waals surface area (Å²) >= 11 is 0. The summed E-state index contributed by atoms with van der Waals surface area (Å²) in [5.74, 6) is -1.15. The number of carbonyl (C=O) groups is 1. The highest BCUT2D eigenvalue weighted by Crippen LogP contribution is 2.31. The highest BCUT2D eigenvalue weighted by Gasteiger charge is 2.31. The molecule has 0 aliphatic carbocycles. The molecule has 0 unspecified atom stereocenters. The van der Waals surface area contributed by atoms with Gasteiger partial charge in [0.2, 0.25) is 0 Å². The Morgan fingerprint density at radius 3 is 2.67 bits per heavy atom. The normalized spacial score (nSPS) is 12.0. The van der Waals surface area contributed by atoms with E-state index in [9.17, 15) is 22.8 Å². The number of fused-ring (bicyclic) bond motifs is 3. The maximum Gasteiger partial charge on any atom is 0.416 e. The molecule has 0 atom stereocenters. The SMILES string of the molecule is CCOC(=O)c1nc2c3ccc(C(F)(F)F)cc3n(C)c(=O)n2n1. The fraction of sp³-hybridized carbons (Fsp3) is 0.286. The molecule has 7 nitrogen and oxygen atoms in total. The summed E-state index contributed by atoms with van der Waals surface area (Å²) in [7, 11) is 1.32. The van der Waals surface area contributed by atoms with Crippen LogP contribution in [0.5, 0.6) is 0 Å². The second-order valence-electron chi connectivity index (χ2n) is 4.96. The van der Waals surface area contributed by atoms with E-state index in [1.807, 2.05) is 0 Å². The second kappa shape index (κ2) is 5.32. The zero-order chi connectivity index (χ0) is 17.6. The lowest BCUT2D eigenvalue weighted by atomic mass is 10.1. The van der Waals surface area contributed by atoms with Crippen LogP contribution >= 0.6 is 0 Å². The molecule has 0 spiro atoms. The number of ether oxygens (including phenoxy) is 1. The monoisotopic (exact) mass is 340 g/mol. The Labute approximate surface area is 132 Å². The molecular formula is C14H11F3N4O3. The lowest BCUT2D eigenvalue weighted by molar-refractivity contribution is -0.137. The summed E-state index contributed by atoms with van der Waals surface area (Å²) in [6, 6.07) is 2.93. The van der Waals surface area contributed by atoms with Crippen molar-refractivity contribution >= 4 is 22.5 Å². The Bertz CT molecular complexity index is 1020. The number of esters is 1. The molecule has 2 aromatic heterocycles. The average Bonchev–Trinajstić information content (AvgIpc) is 2.97. The minimum Gasteiger partial charge on any atom is -0.460 e. The van der Waals surface area contributed by atoms with Gasteiger partial charge in [-0.3, -0.25) is 4.57 Å². The first kappa shape index (κ1) is 16.0. The number of aromatic nitrogens is 4. The standard InChI is InChI=1S/C14H11F3N4O3/c1-3-24-12(22)10-18-11-8-5-4-7(14(15,16)17)6-9(8)20(2)13(23)21(11)19-10/h4-6H,3H2,1-2H3. The quantitative estimate of drug-likeness (QED) is 0.665. The molecule has 0 bridgehead atoms. The van der Waals surface area contributed by atoms with Gasteiger partial charge in [0.25, 0.3) is 5.82 Å². The van der Waals surface area contributed by atoms with Crippen LogP contribution in [0.2, 0.25) is 0 Å². The van der Waals surface area contributed by atoms with Crippen LogP contribution in [-0.2, 0) is 18.0 Å². The summed E-state index contributed by atoms with van der Waals surface area (Å²) in [5, 5.41) is 4.05. The van der Waals surface area contributed by atoms with Crippen molar-refractivity contribution in [2.24, 2.45) is 7.05 Å². The van der Waals surface area contributed by atoms with Gasteiger partial charge in [0.1, 0.15) is 0 Å². The van der Waals surface area contributed by atoms with Crippen molar-refractivity contribution in [1.29, 1.82) is 0 Å². The van der Waals surface area contributed by atoms with Crippen LogP contribution in [0.3, 0.4) is 0 Å². The van der Waals surface area contributed by atoms with E-state index >= 15 is 0 Å². The van der Waals surface area contributed by atoms with Crippen molar-refractivity contribution in [2.45, 2.75) is 13.1 Å². The van der Waals surface area contributed by atoms with E-state index in [0.29, 0.717) is 0 Å². The number of alkyl halides is 3. The van der Waals surface area contributed by atoms with Crippen LogP contribution in [0.15, 0.2) is 23.0 Å². The van der Waals surface area contributed by atoms with Crippen LogP contribution < -0.4 is 5.69 Å². The first-order chi connectivity index (χ1) is 11.2. The lowest BCUT2D eigenvalue weighted by Gasteiger charge is -2.10. The molecule has 1 aromatic carbocycles. The van der Waals surface area contributed by atoms with Crippen LogP contribution in [0.25, 0.3) is 16.6 Å². The second-order valence-corrected chi connectivity index (χ2v) is 4.96. The van der Waals surface area contributed by atoms with Gasteiger partial charge in [0.05, 0.1) is 17.7 Å². The predicted octanol–water partition coefficient (Wildman–Crippen LogP) is 1.78. The summed E-state index contributed by atoms with van der Waals surface area (Å²) < 4.78 is 45.3. The van der Waals surface area contributed by atoms with E-state index in [2.05, 4.69) is 10.1 Å². The Balaban J connectivity index is 2.34. The fourth-order valence-corrected chi connectivity index (χ4v) is 2.32. The van der Waals surface area contributed by atoms with Gasteiger partial charge in [-0.05, 0) is 25.1 Å². The Morgan fingerprint density at radius 2 is 2.04 bits per heavy atom. The number of rotatable bonds is 2. The van der Waals surface area contributed by atoms with Crippen LogP contribution in [0, 0.1) is 0 Å². The molecule has 0 amide bonds. The first-order valence-corrected chi connectivity index (χ1v) is 6.88. The van der Waals surface area contributed by atoms with E-state index in [-0.39, 0.29) is 29.0 Å².